The van der Waals surface area contributed by atoms with Gasteiger partial charge in [0.1, 0.15) is 11.3 Å². The van der Waals surface area contributed by atoms with Crippen molar-refractivity contribution in [2.45, 2.75) is 38.5 Å². The minimum absolute atomic E-state index is 0.123. The third-order valence-corrected chi connectivity index (χ3v) is 6.42. The standard InChI is InChI=1S/C25H27N5O3S/c1-4-17-6-10-19(11-7-17)26-22(31)16-34-25-27-21-15-29(5-2)28-23(21)24(32)30(25)14-18-8-12-20(33-3)13-9-18/h6-13,15H,4-5,14,16H2,1-3H3,(H,26,31). The molecule has 0 aliphatic rings. The fraction of sp³-hybridized carbons (Fsp3) is 0.280. The monoisotopic (exact) mass is 477 g/mol. The molecule has 0 radical (unpaired) electrons. The van der Waals surface area contributed by atoms with Crippen LogP contribution in [0.2, 0.25) is 0 Å². The molecule has 176 valence electrons. The summed E-state index contributed by atoms with van der Waals surface area (Å²) < 4.78 is 8.49. The second kappa shape index (κ2) is 10.6. The second-order valence-electron chi connectivity index (χ2n) is 7.74. The van der Waals surface area contributed by atoms with Gasteiger partial charge in [-0.2, -0.15) is 5.10 Å². The first-order valence-electron chi connectivity index (χ1n) is 11.1. The molecule has 0 saturated carbocycles. The van der Waals surface area contributed by atoms with E-state index in [9.17, 15) is 9.59 Å². The number of fused-ring (bicyclic) bond motifs is 1. The van der Waals surface area contributed by atoms with Crippen molar-refractivity contribution in [2.24, 2.45) is 0 Å². The first-order chi connectivity index (χ1) is 16.5. The van der Waals surface area contributed by atoms with E-state index in [4.69, 9.17) is 4.74 Å². The van der Waals surface area contributed by atoms with Gasteiger partial charge in [0.15, 0.2) is 10.7 Å². The van der Waals surface area contributed by atoms with Gasteiger partial charge in [0, 0.05) is 12.2 Å². The van der Waals surface area contributed by atoms with Gasteiger partial charge in [-0.25, -0.2) is 4.98 Å². The van der Waals surface area contributed by atoms with Gasteiger partial charge in [0.2, 0.25) is 5.91 Å². The lowest BCUT2D eigenvalue weighted by molar-refractivity contribution is -0.113. The molecule has 0 atom stereocenters. The van der Waals surface area contributed by atoms with Crippen LogP contribution in [0.1, 0.15) is 25.0 Å². The second-order valence-corrected chi connectivity index (χ2v) is 8.68. The first-order valence-corrected chi connectivity index (χ1v) is 12.1. The van der Waals surface area contributed by atoms with Crippen molar-refractivity contribution in [1.82, 2.24) is 19.3 Å². The highest BCUT2D eigenvalue weighted by Crippen LogP contribution is 2.20. The molecule has 0 aliphatic carbocycles. The van der Waals surface area contributed by atoms with E-state index in [1.54, 1.807) is 22.6 Å². The Balaban J connectivity index is 1.59. The summed E-state index contributed by atoms with van der Waals surface area (Å²) >= 11 is 1.23. The fourth-order valence-electron chi connectivity index (χ4n) is 3.50. The van der Waals surface area contributed by atoms with Crippen LogP contribution in [-0.2, 0) is 24.3 Å². The maximum atomic E-state index is 13.3. The largest absolute Gasteiger partial charge is 0.497 e. The number of amides is 1. The Kier molecular flexibility index (Phi) is 7.32. The van der Waals surface area contributed by atoms with Gasteiger partial charge in [-0.3, -0.25) is 18.8 Å². The summed E-state index contributed by atoms with van der Waals surface area (Å²) in [5, 5.41) is 7.76. The van der Waals surface area contributed by atoms with Gasteiger partial charge in [-0.05, 0) is 48.7 Å². The molecule has 4 rings (SSSR count). The number of benzene rings is 2. The lowest BCUT2D eigenvalue weighted by Gasteiger charge is -2.12. The van der Waals surface area contributed by atoms with Crippen LogP contribution in [0, 0.1) is 0 Å². The maximum absolute atomic E-state index is 13.3. The molecule has 1 amide bonds. The number of anilines is 1. The molecule has 0 fully saturated rings. The average Bonchev–Trinajstić information content (AvgIpc) is 3.29. The minimum atomic E-state index is -0.230. The van der Waals surface area contributed by atoms with Crippen molar-refractivity contribution in [3.05, 3.63) is 76.2 Å². The number of nitrogens with one attached hydrogen (secondary N) is 1. The number of carbonyl (C=O) groups excluding carboxylic acids is 1. The highest BCUT2D eigenvalue weighted by molar-refractivity contribution is 7.99. The van der Waals surface area contributed by atoms with Crippen molar-refractivity contribution >= 4 is 34.4 Å². The quantitative estimate of drug-likeness (QED) is 0.290. The smallest absolute Gasteiger partial charge is 0.282 e. The van der Waals surface area contributed by atoms with Crippen molar-refractivity contribution in [1.29, 1.82) is 0 Å². The van der Waals surface area contributed by atoms with Crippen molar-refractivity contribution in [3.8, 4) is 5.75 Å². The average molecular weight is 478 g/mol. The van der Waals surface area contributed by atoms with Crippen LogP contribution in [0.15, 0.2) is 64.7 Å². The minimum Gasteiger partial charge on any atom is -0.497 e. The molecule has 2 heterocycles. The summed E-state index contributed by atoms with van der Waals surface area (Å²) in [6, 6.07) is 15.3. The van der Waals surface area contributed by atoms with Crippen molar-refractivity contribution in [2.75, 3.05) is 18.2 Å². The topological polar surface area (TPSA) is 91.0 Å². The third kappa shape index (κ3) is 5.31. The fourth-order valence-corrected chi connectivity index (χ4v) is 4.30. The number of ether oxygens (including phenoxy) is 1. The molecule has 1 N–H and O–H groups in total. The van der Waals surface area contributed by atoms with Gasteiger partial charge in [-0.15, -0.1) is 0 Å². The number of rotatable bonds is 9. The normalized spacial score (nSPS) is 11.0. The zero-order chi connectivity index (χ0) is 24.1. The molecule has 9 heteroatoms. The molecule has 0 saturated heterocycles. The van der Waals surface area contributed by atoms with Crippen LogP contribution < -0.4 is 15.6 Å². The van der Waals surface area contributed by atoms with E-state index in [1.165, 1.54) is 17.3 Å². The molecule has 0 bridgehead atoms. The molecule has 0 unspecified atom stereocenters. The third-order valence-electron chi connectivity index (χ3n) is 5.44. The highest BCUT2D eigenvalue weighted by Gasteiger charge is 2.16. The maximum Gasteiger partial charge on any atom is 0.282 e. The van der Waals surface area contributed by atoms with Crippen molar-refractivity contribution in [3.63, 3.8) is 0 Å². The van der Waals surface area contributed by atoms with Gasteiger partial charge >= 0.3 is 0 Å². The Labute approximate surface area is 202 Å². The summed E-state index contributed by atoms with van der Waals surface area (Å²) in [6.07, 6.45) is 2.70. The van der Waals surface area contributed by atoms with Crippen LogP contribution in [0.25, 0.3) is 11.0 Å². The van der Waals surface area contributed by atoms with Gasteiger partial charge in [-0.1, -0.05) is 43.0 Å². The molecule has 8 nitrogen and oxygen atoms in total. The highest BCUT2D eigenvalue weighted by atomic mass is 32.2. The van der Waals surface area contributed by atoms with Crippen LogP contribution in [0.5, 0.6) is 5.75 Å². The summed E-state index contributed by atoms with van der Waals surface area (Å²) in [7, 11) is 1.61. The van der Waals surface area contributed by atoms with Crippen LogP contribution >= 0.6 is 11.8 Å². The molecule has 2 aromatic carbocycles. The lowest BCUT2D eigenvalue weighted by atomic mass is 10.1. The number of carbonyl (C=O) groups is 1. The number of hydrogen-bond donors (Lipinski definition) is 1. The summed E-state index contributed by atoms with van der Waals surface area (Å²) in [5.41, 5.74) is 3.48. The van der Waals surface area contributed by atoms with Gasteiger partial charge in [0.05, 0.1) is 25.6 Å². The molecule has 4 aromatic rings. The van der Waals surface area contributed by atoms with E-state index in [0.717, 1.165) is 23.4 Å². The Morgan fingerprint density at radius 2 is 1.76 bits per heavy atom. The van der Waals surface area contributed by atoms with E-state index in [0.29, 0.717) is 29.3 Å². The van der Waals surface area contributed by atoms with E-state index >= 15 is 0 Å². The van der Waals surface area contributed by atoms with E-state index in [2.05, 4.69) is 22.3 Å². The molecule has 34 heavy (non-hydrogen) atoms. The Morgan fingerprint density at radius 1 is 1.06 bits per heavy atom. The van der Waals surface area contributed by atoms with Crippen LogP contribution in [0.3, 0.4) is 0 Å². The SMILES string of the molecule is CCc1ccc(NC(=O)CSc2nc3cn(CC)nc3c(=O)n2Cc2ccc(OC)cc2)cc1. The first kappa shape index (κ1) is 23.6. The van der Waals surface area contributed by atoms with Crippen molar-refractivity contribution < 1.29 is 9.53 Å². The number of aromatic nitrogens is 4. The summed E-state index contributed by atoms with van der Waals surface area (Å²) in [4.78, 5) is 30.6. The molecular weight excluding hydrogens is 450 g/mol. The zero-order valence-electron chi connectivity index (χ0n) is 19.4. The molecular formula is C25H27N5O3S. The number of aryl methyl sites for hydroxylation is 2. The Bertz CT molecular complexity index is 1340. The van der Waals surface area contributed by atoms with Crippen LogP contribution in [0.4, 0.5) is 5.69 Å². The molecule has 0 aliphatic heterocycles. The zero-order valence-corrected chi connectivity index (χ0v) is 20.3. The number of hydrogen-bond acceptors (Lipinski definition) is 6. The van der Waals surface area contributed by atoms with E-state index in [-0.39, 0.29) is 17.2 Å². The Morgan fingerprint density at radius 3 is 2.41 bits per heavy atom. The molecule has 2 aromatic heterocycles. The lowest BCUT2D eigenvalue weighted by Crippen LogP contribution is -2.25. The molecule has 0 spiro atoms. The van der Waals surface area contributed by atoms with E-state index in [1.807, 2.05) is 55.5 Å². The predicted molar refractivity (Wildman–Crippen MR) is 135 cm³/mol. The van der Waals surface area contributed by atoms with Gasteiger partial charge < -0.3 is 10.1 Å². The Hall–Kier alpha value is -3.59. The van der Waals surface area contributed by atoms with Crippen LogP contribution in [-0.4, -0.2) is 38.1 Å². The number of methoxy groups -OCH3 is 1. The summed E-state index contributed by atoms with van der Waals surface area (Å²) in [5.74, 6) is 0.700. The predicted octanol–water partition coefficient (Wildman–Crippen LogP) is 3.96. The summed E-state index contributed by atoms with van der Waals surface area (Å²) in [6.45, 7) is 4.99. The van der Waals surface area contributed by atoms with E-state index < -0.39 is 0 Å². The number of nitrogens with zero attached hydrogens (tertiary/aromatic N) is 4. The number of thioether (sulfide) groups is 1. The van der Waals surface area contributed by atoms with Gasteiger partial charge in [0.25, 0.3) is 5.56 Å².